The van der Waals surface area contributed by atoms with E-state index in [1.807, 2.05) is 6.07 Å². The van der Waals surface area contributed by atoms with Crippen LogP contribution >= 0.6 is 0 Å². The fourth-order valence-electron chi connectivity index (χ4n) is 1.83. The lowest BCUT2D eigenvalue weighted by Gasteiger charge is -2.19. The molecule has 0 unspecified atom stereocenters. The molecule has 5 nitrogen and oxygen atoms in total. The summed E-state index contributed by atoms with van der Waals surface area (Å²) in [6.07, 6.45) is 0. The fraction of sp³-hybridized carbons (Fsp3) is 0.400. The Labute approximate surface area is 118 Å². The minimum atomic E-state index is -1.26. The first-order valence-corrected chi connectivity index (χ1v) is 6.43. The largest absolute Gasteiger partial charge is 0.465 e. The van der Waals surface area contributed by atoms with Crippen LogP contribution in [0.5, 0.6) is 0 Å². The third-order valence-electron chi connectivity index (χ3n) is 2.71. The second-order valence-corrected chi connectivity index (χ2v) is 4.00. The molecule has 0 saturated heterocycles. The molecule has 0 aliphatic carbocycles. The van der Waals surface area contributed by atoms with Crippen molar-refractivity contribution in [3.05, 3.63) is 35.9 Å². The Morgan fingerprint density at radius 3 is 2.00 bits per heavy atom. The van der Waals surface area contributed by atoms with Crippen LogP contribution in [0.1, 0.15) is 25.3 Å². The van der Waals surface area contributed by atoms with Crippen LogP contribution in [0.2, 0.25) is 0 Å². The average Bonchev–Trinajstić information content (AvgIpc) is 2.45. The van der Waals surface area contributed by atoms with Gasteiger partial charge >= 0.3 is 11.9 Å². The lowest BCUT2D eigenvalue weighted by molar-refractivity contribution is -0.162. The van der Waals surface area contributed by atoms with Gasteiger partial charge in [0.15, 0.2) is 5.92 Å². The van der Waals surface area contributed by atoms with E-state index in [0.717, 1.165) is 0 Å². The SMILES string of the molecule is CCOC(=O)C(C(=O)OCC)[C@H](C#N)c1ccccc1. The predicted octanol–water partition coefficient (Wildman–Crippen LogP) is 2.04. The predicted molar refractivity (Wildman–Crippen MR) is 71.6 cm³/mol. The number of hydrogen-bond donors (Lipinski definition) is 0. The summed E-state index contributed by atoms with van der Waals surface area (Å²) >= 11 is 0. The highest BCUT2D eigenvalue weighted by atomic mass is 16.6. The molecule has 1 atom stereocenters. The first kappa shape index (κ1) is 15.7. The monoisotopic (exact) mass is 275 g/mol. The van der Waals surface area contributed by atoms with E-state index in [1.54, 1.807) is 44.2 Å². The molecule has 0 heterocycles. The number of hydrogen-bond acceptors (Lipinski definition) is 5. The Bertz CT molecular complexity index is 474. The first-order valence-electron chi connectivity index (χ1n) is 6.43. The molecule has 0 saturated carbocycles. The van der Waals surface area contributed by atoms with Crippen molar-refractivity contribution in [1.29, 1.82) is 5.26 Å². The molecule has 0 radical (unpaired) electrons. The van der Waals surface area contributed by atoms with Crippen molar-refractivity contribution < 1.29 is 19.1 Å². The molecular weight excluding hydrogens is 258 g/mol. The van der Waals surface area contributed by atoms with Gasteiger partial charge in [-0.2, -0.15) is 5.26 Å². The van der Waals surface area contributed by atoms with Crippen LogP contribution in [0.15, 0.2) is 30.3 Å². The summed E-state index contributed by atoms with van der Waals surface area (Å²) < 4.78 is 9.77. The van der Waals surface area contributed by atoms with E-state index in [1.165, 1.54) is 0 Å². The van der Waals surface area contributed by atoms with E-state index in [2.05, 4.69) is 0 Å². The lowest BCUT2D eigenvalue weighted by atomic mass is 9.87. The molecule has 0 aliphatic heterocycles. The summed E-state index contributed by atoms with van der Waals surface area (Å²) in [4.78, 5) is 23.9. The minimum Gasteiger partial charge on any atom is -0.465 e. The first-order chi connectivity index (χ1) is 9.65. The van der Waals surface area contributed by atoms with Gasteiger partial charge in [0.05, 0.1) is 25.2 Å². The second kappa shape index (κ2) is 7.95. The minimum absolute atomic E-state index is 0.141. The molecule has 106 valence electrons. The van der Waals surface area contributed by atoms with Gasteiger partial charge in [0, 0.05) is 0 Å². The number of nitrogens with zero attached hydrogens (tertiary/aromatic N) is 1. The van der Waals surface area contributed by atoms with Crippen molar-refractivity contribution >= 4 is 11.9 Å². The molecule has 0 fully saturated rings. The molecule has 1 aromatic rings. The van der Waals surface area contributed by atoms with Crippen LogP contribution in [0.25, 0.3) is 0 Å². The number of nitriles is 1. The molecule has 1 aromatic carbocycles. The molecule has 0 bridgehead atoms. The molecule has 0 N–H and O–H groups in total. The van der Waals surface area contributed by atoms with Crippen molar-refractivity contribution in [2.75, 3.05) is 13.2 Å². The zero-order valence-electron chi connectivity index (χ0n) is 11.5. The van der Waals surface area contributed by atoms with E-state index in [9.17, 15) is 14.9 Å². The van der Waals surface area contributed by atoms with Crippen molar-refractivity contribution in [1.82, 2.24) is 0 Å². The maximum absolute atomic E-state index is 12.0. The molecule has 0 spiro atoms. The number of esters is 2. The van der Waals surface area contributed by atoms with E-state index < -0.39 is 23.8 Å². The highest BCUT2D eigenvalue weighted by Crippen LogP contribution is 2.26. The number of benzene rings is 1. The summed E-state index contributed by atoms with van der Waals surface area (Å²) in [5.74, 6) is -3.65. The van der Waals surface area contributed by atoms with Gasteiger partial charge in [-0.1, -0.05) is 30.3 Å². The van der Waals surface area contributed by atoms with Gasteiger partial charge in [-0.3, -0.25) is 9.59 Å². The van der Waals surface area contributed by atoms with E-state index in [-0.39, 0.29) is 13.2 Å². The van der Waals surface area contributed by atoms with Crippen molar-refractivity contribution in [3.63, 3.8) is 0 Å². The molecule has 0 amide bonds. The van der Waals surface area contributed by atoms with Crippen molar-refractivity contribution in [2.45, 2.75) is 19.8 Å². The average molecular weight is 275 g/mol. The van der Waals surface area contributed by atoms with Crippen molar-refractivity contribution in [2.24, 2.45) is 5.92 Å². The molecule has 5 heteroatoms. The smallest absolute Gasteiger partial charge is 0.322 e. The number of ether oxygens (including phenoxy) is 2. The zero-order valence-corrected chi connectivity index (χ0v) is 11.5. The summed E-state index contributed by atoms with van der Waals surface area (Å²) in [6.45, 7) is 3.57. The quantitative estimate of drug-likeness (QED) is 0.586. The van der Waals surface area contributed by atoms with E-state index in [0.29, 0.717) is 5.56 Å². The van der Waals surface area contributed by atoms with Gasteiger partial charge in [-0.25, -0.2) is 0 Å². The Hall–Kier alpha value is -2.35. The summed E-state index contributed by atoms with van der Waals surface area (Å²) in [5.41, 5.74) is 0.584. The summed E-state index contributed by atoms with van der Waals surface area (Å²) in [7, 11) is 0. The fourth-order valence-corrected chi connectivity index (χ4v) is 1.83. The maximum Gasteiger partial charge on any atom is 0.322 e. The Morgan fingerprint density at radius 1 is 1.10 bits per heavy atom. The topological polar surface area (TPSA) is 76.4 Å². The van der Waals surface area contributed by atoms with Crippen molar-refractivity contribution in [3.8, 4) is 6.07 Å². The third kappa shape index (κ3) is 3.82. The van der Waals surface area contributed by atoms with Gasteiger partial charge in [0.2, 0.25) is 0 Å². The molecule has 0 aromatic heterocycles. The van der Waals surface area contributed by atoms with E-state index in [4.69, 9.17) is 9.47 Å². The van der Waals surface area contributed by atoms with Crippen LogP contribution in [-0.4, -0.2) is 25.2 Å². The zero-order chi connectivity index (χ0) is 15.0. The number of carbonyl (C=O) groups excluding carboxylic acids is 2. The Balaban J connectivity index is 3.10. The highest BCUT2D eigenvalue weighted by Gasteiger charge is 2.38. The second-order valence-electron chi connectivity index (χ2n) is 4.00. The Morgan fingerprint density at radius 2 is 1.60 bits per heavy atom. The molecule has 1 rings (SSSR count). The molecule has 0 aliphatic rings. The third-order valence-corrected chi connectivity index (χ3v) is 2.71. The maximum atomic E-state index is 12.0. The van der Waals surface area contributed by atoms with Gasteiger partial charge in [0.25, 0.3) is 0 Å². The number of carbonyl (C=O) groups is 2. The van der Waals surface area contributed by atoms with Crippen LogP contribution in [0.3, 0.4) is 0 Å². The van der Waals surface area contributed by atoms with Crippen LogP contribution in [0.4, 0.5) is 0 Å². The van der Waals surface area contributed by atoms with Gasteiger partial charge in [-0.15, -0.1) is 0 Å². The standard InChI is InChI=1S/C15H17NO4/c1-3-19-14(17)13(15(18)20-4-2)12(10-16)11-8-6-5-7-9-11/h5-9,12-13H,3-4H2,1-2H3/t12-/m1/s1. The van der Waals surface area contributed by atoms with Crippen LogP contribution in [-0.2, 0) is 19.1 Å². The molecular formula is C15H17NO4. The highest BCUT2D eigenvalue weighted by molar-refractivity contribution is 5.96. The summed E-state index contributed by atoms with van der Waals surface area (Å²) in [6, 6.07) is 10.7. The van der Waals surface area contributed by atoms with Crippen LogP contribution in [0, 0.1) is 17.2 Å². The van der Waals surface area contributed by atoms with Gasteiger partial charge in [-0.05, 0) is 19.4 Å². The Kier molecular flexibility index (Phi) is 6.24. The van der Waals surface area contributed by atoms with Crippen LogP contribution < -0.4 is 0 Å². The normalized spacial score (nSPS) is 11.5. The molecule has 20 heavy (non-hydrogen) atoms. The van der Waals surface area contributed by atoms with Gasteiger partial charge in [0.1, 0.15) is 0 Å². The lowest BCUT2D eigenvalue weighted by Crippen LogP contribution is -2.33. The number of rotatable bonds is 6. The van der Waals surface area contributed by atoms with Gasteiger partial charge < -0.3 is 9.47 Å². The summed E-state index contributed by atoms with van der Waals surface area (Å²) in [5, 5.41) is 9.32. The van der Waals surface area contributed by atoms with E-state index >= 15 is 0 Å².